The zero-order valence-corrected chi connectivity index (χ0v) is 31.5. The highest BCUT2D eigenvalue weighted by Crippen LogP contribution is 2.56. The normalized spacial score (nSPS) is 28.0. The van der Waals surface area contributed by atoms with Gasteiger partial charge in [-0.3, -0.25) is 10.00 Å². The minimum absolute atomic E-state index is 0.0134. The first kappa shape index (κ1) is 35.1. The van der Waals surface area contributed by atoms with Crippen LogP contribution in [0.2, 0.25) is 0 Å². The van der Waals surface area contributed by atoms with E-state index in [4.69, 9.17) is 33.9 Å². The molecule has 3 aromatic heterocycles. The molecule has 2 saturated carbocycles. The topological polar surface area (TPSA) is 131 Å². The number of H-pyrrole nitrogens is 1. The smallest absolute Gasteiger partial charge is 0.319 e. The Labute approximate surface area is 309 Å². The van der Waals surface area contributed by atoms with Crippen LogP contribution in [0.3, 0.4) is 0 Å². The maximum absolute atomic E-state index is 17.3. The van der Waals surface area contributed by atoms with E-state index in [-0.39, 0.29) is 41.7 Å². The monoisotopic (exact) mass is 729 g/mol. The summed E-state index contributed by atoms with van der Waals surface area (Å²) < 4.78 is 41.4. The molecule has 1 spiro atoms. The summed E-state index contributed by atoms with van der Waals surface area (Å²) >= 11 is 0. The van der Waals surface area contributed by atoms with E-state index in [1.165, 1.54) is 45.6 Å². The molecule has 2 aliphatic carbocycles. The average Bonchev–Trinajstić information content (AvgIpc) is 3.75. The van der Waals surface area contributed by atoms with Gasteiger partial charge in [0.1, 0.15) is 28.0 Å². The molecule has 284 valence electrons. The molecule has 1 aromatic carbocycles. The number of hydrogen-bond acceptors (Lipinski definition) is 11. The van der Waals surface area contributed by atoms with Crippen molar-refractivity contribution >= 4 is 27.6 Å². The Bertz CT molecular complexity index is 2020. The molecule has 0 amide bonds. The molecule has 5 aliphatic rings. The first-order valence-electron chi connectivity index (χ1n) is 19.5. The van der Waals surface area contributed by atoms with Gasteiger partial charge in [-0.2, -0.15) is 15.1 Å². The third kappa shape index (κ3) is 6.02. The van der Waals surface area contributed by atoms with Crippen molar-refractivity contribution in [2.45, 2.75) is 96.2 Å². The van der Waals surface area contributed by atoms with Crippen LogP contribution in [0.4, 0.5) is 10.2 Å². The van der Waals surface area contributed by atoms with Crippen LogP contribution in [0.1, 0.15) is 75.8 Å². The second-order valence-corrected chi connectivity index (χ2v) is 16.9. The van der Waals surface area contributed by atoms with Crippen LogP contribution in [-0.4, -0.2) is 113 Å². The fraction of sp³-hybridized carbons (Fsp3) is 0.650. The van der Waals surface area contributed by atoms with Crippen LogP contribution in [0, 0.1) is 30.5 Å². The van der Waals surface area contributed by atoms with Gasteiger partial charge in [0, 0.05) is 48.2 Å². The maximum atomic E-state index is 17.3. The summed E-state index contributed by atoms with van der Waals surface area (Å²) in [4.78, 5) is 19.4. The fourth-order valence-corrected chi connectivity index (χ4v) is 10.5. The highest BCUT2D eigenvalue weighted by Gasteiger charge is 2.55. The van der Waals surface area contributed by atoms with Gasteiger partial charge in [0.15, 0.2) is 5.82 Å². The Morgan fingerprint density at radius 3 is 2.66 bits per heavy atom. The molecule has 12 nitrogen and oxygen atoms in total. The fourth-order valence-electron chi connectivity index (χ4n) is 10.5. The zero-order valence-electron chi connectivity index (χ0n) is 31.5. The number of piperidine rings is 1. The van der Waals surface area contributed by atoms with Crippen LogP contribution >= 0.6 is 0 Å². The Balaban J connectivity index is 1.11. The van der Waals surface area contributed by atoms with Crippen LogP contribution < -0.4 is 14.4 Å². The number of fused-ring (bicyclic) bond motifs is 3. The SMILES string of the molecule is COc1nc(-c2c(C)c(C)cc3[nH]ncc23)c(F)c2nc(OCC34CCCC3N(C3CC5(CCOCC5)C3)CCC4)nc(N3CCOCC(C)(O)C3)c12. The number of aryl methyl sites for hydroxylation is 1. The summed E-state index contributed by atoms with van der Waals surface area (Å²) in [5.74, 6) is 0.0125. The van der Waals surface area contributed by atoms with E-state index in [9.17, 15) is 5.11 Å². The van der Waals surface area contributed by atoms with Crippen LogP contribution in [0.15, 0.2) is 12.3 Å². The number of pyridine rings is 1. The average molecular weight is 730 g/mol. The van der Waals surface area contributed by atoms with Gasteiger partial charge in [-0.15, -0.1) is 0 Å². The maximum Gasteiger partial charge on any atom is 0.319 e. The lowest BCUT2D eigenvalue weighted by molar-refractivity contribution is -0.112. The van der Waals surface area contributed by atoms with E-state index in [0.717, 1.165) is 61.1 Å². The summed E-state index contributed by atoms with van der Waals surface area (Å²) in [7, 11) is 1.52. The van der Waals surface area contributed by atoms with E-state index >= 15 is 4.39 Å². The number of aromatic amines is 1. The third-order valence-electron chi connectivity index (χ3n) is 13.4. The highest BCUT2D eigenvalue weighted by atomic mass is 19.1. The van der Waals surface area contributed by atoms with Crippen molar-refractivity contribution in [1.82, 2.24) is 30.0 Å². The lowest BCUT2D eigenvalue weighted by Gasteiger charge is -2.58. The summed E-state index contributed by atoms with van der Waals surface area (Å²) in [6.45, 7) is 10.3. The third-order valence-corrected chi connectivity index (χ3v) is 13.4. The highest BCUT2D eigenvalue weighted by molar-refractivity contribution is 6.01. The Morgan fingerprint density at radius 1 is 1.04 bits per heavy atom. The number of hydrogen-bond donors (Lipinski definition) is 2. The van der Waals surface area contributed by atoms with E-state index in [2.05, 4.69) is 15.1 Å². The molecule has 53 heavy (non-hydrogen) atoms. The van der Waals surface area contributed by atoms with E-state index in [1.54, 1.807) is 13.1 Å². The van der Waals surface area contributed by atoms with E-state index < -0.39 is 11.4 Å². The van der Waals surface area contributed by atoms with Crippen molar-refractivity contribution in [2.75, 3.05) is 64.7 Å². The van der Waals surface area contributed by atoms with Crippen molar-refractivity contribution in [3.8, 4) is 23.1 Å². The van der Waals surface area contributed by atoms with Crippen LogP contribution in [-0.2, 0) is 9.47 Å². The van der Waals surface area contributed by atoms with Crippen molar-refractivity contribution in [3.63, 3.8) is 0 Å². The minimum Gasteiger partial charge on any atom is -0.480 e. The number of likely N-dealkylation sites (tertiary alicyclic amines) is 1. The zero-order chi connectivity index (χ0) is 36.5. The number of ether oxygens (including phenoxy) is 4. The molecule has 0 bridgehead atoms. The molecule has 3 saturated heterocycles. The number of aromatic nitrogens is 5. The van der Waals surface area contributed by atoms with Crippen molar-refractivity contribution in [3.05, 3.63) is 29.2 Å². The predicted octanol–water partition coefficient (Wildman–Crippen LogP) is 5.89. The first-order valence-corrected chi connectivity index (χ1v) is 19.5. The number of β-amino-alcohol motifs (C(OH)–C–C–N with tert-alkyl or cyclic N) is 1. The van der Waals surface area contributed by atoms with Gasteiger partial charge in [0.25, 0.3) is 0 Å². The lowest BCUT2D eigenvalue weighted by Crippen LogP contribution is -2.61. The van der Waals surface area contributed by atoms with Crippen molar-refractivity contribution in [1.29, 1.82) is 0 Å². The van der Waals surface area contributed by atoms with Gasteiger partial charge in [0.05, 0.1) is 45.2 Å². The molecule has 9 rings (SSSR count). The number of nitrogens with zero attached hydrogens (tertiary/aromatic N) is 6. The molecule has 2 N–H and O–H groups in total. The lowest BCUT2D eigenvalue weighted by atomic mass is 9.60. The summed E-state index contributed by atoms with van der Waals surface area (Å²) in [6, 6.07) is 3.20. The van der Waals surface area contributed by atoms with Crippen molar-refractivity contribution < 1.29 is 28.4 Å². The van der Waals surface area contributed by atoms with Crippen LogP contribution in [0.25, 0.3) is 33.1 Å². The van der Waals surface area contributed by atoms with Gasteiger partial charge < -0.3 is 29.0 Å². The number of halogens is 1. The molecule has 3 aliphatic heterocycles. The molecule has 4 aromatic rings. The first-order chi connectivity index (χ1) is 25.6. The molecule has 0 radical (unpaired) electrons. The summed E-state index contributed by atoms with van der Waals surface area (Å²) in [6.07, 6.45) is 12.3. The second kappa shape index (κ2) is 13.3. The van der Waals surface area contributed by atoms with E-state index in [1.807, 2.05) is 24.8 Å². The van der Waals surface area contributed by atoms with Crippen LogP contribution in [0.5, 0.6) is 11.9 Å². The minimum atomic E-state index is -1.16. The van der Waals surface area contributed by atoms with Gasteiger partial charge >= 0.3 is 6.01 Å². The summed E-state index contributed by atoms with van der Waals surface area (Å²) in [5.41, 5.74) is 2.78. The Morgan fingerprint density at radius 2 is 1.85 bits per heavy atom. The molecule has 6 heterocycles. The standard InChI is InChI=1S/C40H52FN7O5/c1-24-17-28-27(20-42-46-28)30(25(24)2)33-32(41)34-31(36(43-33)50-4)35(47-13-16-52-22-38(3,49)21-47)45-37(44-34)53-23-40-8-5-7-29(40)48(12-6-9-40)26-18-39(19-26)10-14-51-15-11-39/h17,20,26,29,49H,5-16,18-19,21-23H2,1-4H3,(H,42,46). The van der Waals surface area contributed by atoms with E-state index in [0.29, 0.717) is 54.0 Å². The molecule has 3 atom stereocenters. The Hall–Kier alpha value is -3.65. The van der Waals surface area contributed by atoms with Gasteiger partial charge in [-0.25, -0.2) is 9.37 Å². The number of nitrogens with one attached hydrogen (secondary N) is 1. The molecule has 3 unspecified atom stereocenters. The van der Waals surface area contributed by atoms with Gasteiger partial charge in [-0.05, 0) is 101 Å². The number of anilines is 1. The second-order valence-electron chi connectivity index (χ2n) is 16.9. The molecular formula is C40H52FN7O5. The summed E-state index contributed by atoms with van der Waals surface area (Å²) in [5, 5.41) is 19.6. The quantitative estimate of drug-likeness (QED) is 0.236. The molecule has 5 fully saturated rings. The number of rotatable bonds is 7. The molecule has 13 heteroatoms. The Kier molecular flexibility index (Phi) is 8.79. The number of benzene rings is 1. The number of methoxy groups -OCH3 is 1. The van der Waals surface area contributed by atoms with Gasteiger partial charge in [0.2, 0.25) is 5.88 Å². The van der Waals surface area contributed by atoms with Gasteiger partial charge in [-0.1, -0.05) is 6.42 Å². The number of aliphatic hydroxyl groups is 1. The predicted molar refractivity (Wildman–Crippen MR) is 199 cm³/mol. The largest absolute Gasteiger partial charge is 0.480 e. The van der Waals surface area contributed by atoms with Crippen molar-refractivity contribution in [2.24, 2.45) is 10.8 Å². The molecular weight excluding hydrogens is 677 g/mol.